The van der Waals surface area contributed by atoms with Crippen molar-refractivity contribution in [3.05, 3.63) is 56.4 Å². The fourth-order valence-electron chi connectivity index (χ4n) is 3.03. The van der Waals surface area contributed by atoms with Crippen molar-refractivity contribution in [2.24, 2.45) is 0 Å². The van der Waals surface area contributed by atoms with E-state index in [1.165, 1.54) is 11.8 Å². The monoisotopic (exact) mass is 326 g/mol. The molecule has 1 heterocycles. The molecule has 118 valence electrons. The van der Waals surface area contributed by atoms with Crippen molar-refractivity contribution in [3.63, 3.8) is 0 Å². The highest BCUT2D eigenvalue weighted by Crippen LogP contribution is 2.33. The molecule has 0 amide bonds. The zero-order valence-electron chi connectivity index (χ0n) is 13.0. The first-order valence-electron chi connectivity index (χ1n) is 7.69. The first-order chi connectivity index (χ1) is 11.1. The number of benzene rings is 1. The molecule has 2 aromatic rings. The Morgan fingerprint density at radius 3 is 2.78 bits per heavy atom. The molecule has 1 aromatic heterocycles. The summed E-state index contributed by atoms with van der Waals surface area (Å²) in [5.74, 6) is 0.856. The van der Waals surface area contributed by atoms with E-state index < -0.39 is 0 Å². The molecule has 0 fully saturated rings. The van der Waals surface area contributed by atoms with E-state index in [1.807, 2.05) is 25.1 Å². The number of aromatic nitrogens is 1. The number of nitrogens with zero attached hydrogens (tertiary/aromatic N) is 1. The molecule has 2 N–H and O–H groups in total. The SMILES string of the molecule is Cc1ccc(O)c(CSc2[nH]c(=O)c(C#N)c3c2CCCC3)c1. The Morgan fingerprint density at radius 2 is 2.04 bits per heavy atom. The fourth-order valence-corrected chi connectivity index (χ4v) is 4.13. The maximum absolute atomic E-state index is 12.1. The number of pyridine rings is 1. The molecular weight excluding hydrogens is 308 g/mol. The summed E-state index contributed by atoms with van der Waals surface area (Å²) < 4.78 is 0. The average Bonchev–Trinajstić information content (AvgIpc) is 2.55. The molecule has 4 nitrogen and oxygen atoms in total. The van der Waals surface area contributed by atoms with Gasteiger partial charge in [-0.2, -0.15) is 5.26 Å². The van der Waals surface area contributed by atoms with E-state index in [9.17, 15) is 15.2 Å². The van der Waals surface area contributed by atoms with Crippen LogP contribution in [0.4, 0.5) is 0 Å². The molecule has 1 aliphatic carbocycles. The van der Waals surface area contributed by atoms with Crippen LogP contribution in [-0.2, 0) is 18.6 Å². The zero-order chi connectivity index (χ0) is 16.4. The predicted octanol–water partition coefficient (Wildman–Crippen LogP) is 3.43. The van der Waals surface area contributed by atoms with Crippen LogP contribution in [-0.4, -0.2) is 10.1 Å². The molecule has 0 saturated heterocycles. The van der Waals surface area contributed by atoms with Gasteiger partial charge in [-0.25, -0.2) is 0 Å². The van der Waals surface area contributed by atoms with E-state index >= 15 is 0 Å². The molecule has 1 aliphatic rings. The maximum atomic E-state index is 12.1. The normalized spacial score (nSPS) is 13.4. The molecular formula is C18H18N2O2S. The number of rotatable bonds is 3. The molecule has 1 aromatic carbocycles. The van der Waals surface area contributed by atoms with Crippen LogP contribution in [0.1, 0.15) is 40.7 Å². The lowest BCUT2D eigenvalue weighted by atomic mass is 9.90. The lowest BCUT2D eigenvalue weighted by molar-refractivity contribution is 0.470. The number of nitriles is 1. The number of aryl methyl sites for hydroxylation is 1. The standard InChI is InChI=1S/C18H18N2O2S/c1-11-6-7-16(21)12(8-11)10-23-18-14-5-3-2-4-13(14)15(9-19)17(22)20-18/h6-8,21H,2-5,10H2,1H3,(H,20,22). The second kappa shape index (κ2) is 6.51. The van der Waals surface area contributed by atoms with Crippen LogP contribution >= 0.6 is 11.8 Å². The highest BCUT2D eigenvalue weighted by Gasteiger charge is 2.20. The van der Waals surface area contributed by atoms with Crippen LogP contribution in [0.15, 0.2) is 28.0 Å². The molecule has 23 heavy (non-hydrogen) atoms. The second-order valence-corrected chi connectivity index (χ2v) is 6.84. The Kier molecular flexibility index (Phi) is 4.44. The van der Waals surface area contributed by atoms with Gasteiger partial charge in [0.15, 0.2) is 0 Å². The first-order valence-corrected chi connectivity index (χ1v) is 8.68. The number of fused-ring (bicyclic) bond motifs is 1. The third-order valence-electron chi connectivity index (χ3n) is 4.22. The van der Waals surface area contributed by atoms with Crippen LogP contribution in [0.3, 0.4) is 0 Å². The highest BCUT2D eigenvalue weighted by atomic mass is 32.2. The Balaban J connectivity index is 1.95. The van der Waals surface area contributed by atoms with Crippen molar-refractivity contribution >= 4 is 11.8 Å². The minimum atomic E-state index is -0.302. The number of phenolic OH excluding ortho intramolecular Hbond substituents is 1. The summed E-state index contributed by atoms with van der Waals surface area (Å²) in [5.41, 5.74) is 3.92. The number of thioether (sulfide) groups is 1. The van der Waals surface area contributed by atoms with E-state index in [0.717, 1.165) is 53.0 Å². The largest absolute Gasteiger partial charge is 0.508 e. The lowest BCUT2D eigenvalue weighted by Crippen LogP contribution is -2.20. The molecule has 5 heteroatoms. The number of aromatic hydroxyl groups is 1. The van der Waals surface area contributed by atoms with E-state index in [-0.39, 0.29) is 16.9 Å². The number of aromatic amines is 1. The van der Waals surface area contributed by atoms with Gasteiger partial charge in [0.05, 0.1) is 5.03 Å². The van der Waals surface area contributed by atoms with Crippen molar-refractivity contribution in [1.29, 1.82) is 5.26 Å². The average molecular weight is 326 g/mol. The van der Waals surface area contributed by atoms with Crippen molar-refractivity contribution in [3.8, 4) is 11.8 Å². The molecule has 3 rings (SSSR count). The first kappa shape index (κ1) is 15.7. The van der Waals surface area contributed by atoms with Gasteiger partial charge in [-0.1, -0.05) is 17.7 Å². The summed E-state index contributed by atoms with van der Waals surface area (Å²) in [6.45, 7) is 1.99. The van der Waals surface area contributed by atoms with Gasteiger partial charge in [0.2, 0.25) is 0 Å². The Hall–Kier alpha value is -2.19. The number of hydrogen-bond acceptors (Lipinski definition) is 4. The van der Waals surface area contributed by atoms with Crippen LogP contribution in [0.25, 0.3) is 0 Å². The molecule has 0 saturated carbocycles. The van der Waals surface area contributed by atoms with Crippen molar-refractivity contribution in [2.45, 2.75) is 43.4 Å². The molecule has 0 spiro atoms. The van der Waals surface area contributed by atoms with Gasteiger partial charge in [-0.15, -0.1) is 11.8 Å². The predicted molar refractivity (Wildman–Crippen MR) is 90.8 cm³/mol. The van der Waals surface area contributed by atoms with E-state index in [1.54, 1.807) is 6.07 Å². The topological polar surface area (TPSA) is 76.9 Å². The van der Waals surface area contributed by atoms with Gasteiger partial charge in [0, 0.05) is 11.3 Å². The van der Waals surface area contributed by atoms with Gasteiger partial charge in [0.25, 0.3) is 5.56 Å². The number of nitrogens with one attached hydrogen (secondary N) is 1. The molecule has 0 atom stereocenters. The van der Waals surface area contributed by atoms with Crippen molar-refractivity contribution < 1.29 is 5.11 Å². The molecule has 0 bridgehead atoms. The Bertz CT molecular complexity index is 849. The maximum Gasteiger partial charge on any atom is 0.267 e. The highest BCUT2D eigenvalue weighted by molar-refractivity contribution is 7.98. The molecule has 0 unspecified atom stereocenters. The summed E-state index contributed by atoms with van der Waals surface area (Å²) in [6.07, 6.45) is 3.79. The van der Waals surface area contributed by atoms with Gasteiger partial charge in [0.1, 0.15) is 17.4 Å². The van der Waals surface area contributed by atoms with Crippen molar-refractivity contribution in [1.82, 2.24) is 4.98 Å². The van der Waals surface area contributed by atoms with E-state index in [0.29, 0.717) is 5.75 Å². The van der Waals surface area contributed by atoms with E-state index in [4.69, 9.17) is 0 Å². The van der Waals surface area contributed by atoms with Crippen LogP contribution in [0.2, 0.25) is 0 Å². The van der Waals surface area contributed by atoms with Gasteiger partial charge in [-0.05, 0) is 49.8 Å². The summed E-state index contributed by atoms with van der Waals surface area (Å²) >= 11 is 1.52. The number of H-pyrrole nitrogens is 1. The Morgan fingerprint density at radius 1 is 1.30 bits per heavy atom. The van der Waals surface area contributed by atoms with Crippen LogP contribution in [0.5, 0.6) is 5.75 Å². The third-order valence-corrected chi connectivity index (χ3v) is 5.31. The molecule has 0 aliphatic heterocycles. The van der Waals surface area contributed by atoms with Gasteiger partial charge < -0.3 is 10.1 Å². The smallest absolute Gasteiger partial charge is 0.267 e. The summed E-state index contributed by atoms with van der Waals surface area (Å²) in [6, 6.07) is 7.57. The van der Waals surface area contributed by atoms with E-state index in [2.05, 4.69) is 4.98 Å². The van der Waals surface area contributed by atoms with Crippen LogP contribution < -0.4 is 5.56 Å². The lowest BCUT2D eigenvalue weighted by Gasteiger charge is -2.19. The van der Waals surface area contributed by atoms with Gasteiger partial charge in [-0.3, -0.25) is 4.79 Å². The quantitative estimate of drug-likeness (QED) is 0.847. The van der Waals surface area contributed by atoms with Crippen LogP contribution in [0, 0.1) is 18.3 Å². The fraction of sp³-hybridized carbons (Fsp3) is 0.333. The number of hydrogen-bond donors (Lipinski definition) is 2. The van der Waals surface area contributed by atoms with Crippen molar-refractivity contribution in [2.75, 3.05) is 0 Å². The minimum absolute atomic E-state index is 0.266. The summed E-state index contributed by atoms with van der Waals surface area (Å²) in [4.78, 5) is 15.0. The number of phenols is 1. The summed E-state index contributed by atoms with van der Waals surface area (Å²) in [5, 5.41) is 20.0. The zero-order valence-corrected chi connectivity index (χ0v) is 13.8. The summed E-state index contributed by atoms with van der Waals surface area (Å²) in [7, 11) is 0. The minimum Gasteiger partial charge on any atom is -0.508 e. The molecule has 0 radical (unpaired) electrons. The van der Waals surface area contributed by atoms with Gasteiger partial charge >= 0.3 is 0 Å². The third kappa shape index (κ3) is 3.13. The Labute approximate surface area is 139 Å². The second-order valence-electron chi connectivity index (χ2n) is 5.86.